The molecule has 0 bridgehead atoms. The number of Topliss-reactive ketones (excluding diaryl/α,β-unsaturated/α-hetero) is 2. The number of carbonyl (C=O) groups excluding carboxylic acids is 2. The highest BCUT2D eigenvalue weighted by Crippen LogP contribution is 2.13. The molecule has 17 heavy (non-hydrogen) atoms. The van der Waals surface area contributed by atoms with Gasteiger partial charge in [-0.05, 0) is 25.0 Å². The third-order valence-electron chi connectivity index (χ3n) is 2.27. The van der Waals surface area contributed by atoms with E-state index >= 15 is 0 Å². The molecule has 0 atom stereocenters. The molecule has 1 aromatic carbocycles. The third-order valence-corrected chi connectivity index (χ3v) is 2.27. The Hall–Kier alpha value is -1.88. The molecule has 1 aromatic rings. The van der Waals surface area contributed by atoms with Crippen LogP contribution in [0, 0.1) is 17.3 Å². The van der Waals surface area contributed by atoms with Crippen molar-refractivity contribution in [2.75, 3.05) is 0 Å². The Labute approximate surface area is 102 Å². The van der Waals surface area contributed by atoms with E-state index in [-0.39, 0.29) is 11.6 Å². The molecule has 0 aliphatic carbocycles. The minimum Gasteiger partial charge on any atom is -0.295 e. The smallest absolute Gasteiger partial charge is 0.211 e. The zero-order valence-corrected chi connectivity index (χ0v) is 10.6. The Morgan fingerprint density at radius 3 is 2.35 bits per heavy atom. The number of rotatable bonds is 1. The first-order chi connectivity index (χ1) is 7.80. The molecule has 0 fully saturated rings. The van der Waals surface area contributed by atoms with E-state index in [0.29, 0.717) is 11.1 Å². The monoisotopic (exact) mass is 228 g/mol. The number of hydrogen-bond acceptors (Lipinski definition) is 2. The van der Waals surface area contributed by atoms with Crippen LogP contribution in [0.2, 0.25) is 0 Å². The van der Waals surface area contributed by atoms with E-state index in [1.54, 1.807) is 24.3 Å². The van der Waals surface area contributed by atoms with Gasteiger partial charge in [-0.2, -0.15) is 0 Å². The van der Waals surface area contributed by atoms with Crippen molar-refractivity contribution in [2.45, 2.75) is 27.7 Å². The van der Waals surface area contributed by atoms with Crippen LogP contribution in [0.3, 0.4) is 0 Å². The van der Waals surface area contributed by atoms with E-state index in [1.807, 2.05) is 20.8 Å². The zero-order chi connectivity index (χ0) is 13.1. The average Bonchev–Trinajstić information content (AvgIpc) is 2.25. The van der Waals surface area contributed by atoms with Gasteiger partial charge in [0, 0.05) is 16.5 Å². The number of benzene rings is 1. The van der Waals surface area contributed by atoms with Gasteiger partial charge >= 0.3 is 0 Å². The van der Waals surface area contributed by atoms with Crippen LogP contribution >= 0.6 is 0 Å². The van der Waals surface area contributed by atoms with E-state index in [4.69, 9.17) is 0 Å². The molecule has 0 amide bonds. The quantitative estimate of drug-likeness (QED) is 0.547. The van der Waals surface area contributed by atoms with Gasteiger partial charge in [-0.15, -0.1) is 0 Å². The Balaban J connectivity index is 2.97. The maximum absolute atomic E-state index is 11.6. The van der Waals surface area contributed by atoms with Crippen LogP contribution in [0.1, 0.15) is 43.6 Å². The summed E-state index contributed by atoms with van der Waals surface area (Å²) in [6.45, 7) is 6.99. The Bertz CT molecular complexity index is 508. The minimum atomic E-state index is -0.453. The lowest BCUT2D eigenvalue weighted by Gasteiger charge is -2.10. The van der Waals surface area contributed by atoms with Gasteiger partial charge in [0.05, 0.1) is 0 Å². The maximum atomic E-state index is 11.6. The van der Waals surface area contributed by atoms with Crippen molar-refractivity contribution in [3.05, 3.63) is 35.4 Å². The lowest BCUT2D eigenvalue weighted by molar-refractivity contribution is -0.120. The van der Waals surface area contributed by atoms with Crippen LogP contribution in [0.5, 0.6) is 0 Å². The van der Waals surface area contributed by atoms with Crippen molar-refractivity contribution in [3.8, 4) is 11.8 Å². The van der Waals surface area contributed by atoms with Crippen molar-refractivity contribution in [2.24, 2.45) is 5.41 Å². The molecule has 0 heterocycles. The standard InChI is InChI=1S/C15H16O2/c1-11(16)13-7-5-6-12(10-13)8-9-14(17)15(2,3)4/h5-7,10H,1-4H3. The third kappa shape index (κ3) is 3.88. The van der Waals surface area contributed by atoms with E-state index in [0.717, 1.165) is 0 Å². The fourth-order valence-electron chi connectivity index (χ4n) is 1.13. The first kappa shape index (κ1) is 13.2. The summed E-state index contributed by atoms with van der Waals surface area (Å²) in [5.74, 6) is 5.29. The summed E-state index contributed by atoms with van der Waals surface area (Å²) < 4.78 is 0. The van der Waals surface area contributed by atoms with Gasteiger partial charge in [0.15, 0.2) is 5.78 Å². The highest BCUT2D eigenvalue weighted by molar-refractivity contribution is 6.00. The summed E-state index contributed by atoms with van der Waals surface area (Å²) >= 11 is 0. The van der Waals surface area contributed by atoms with Gasteiger partial charge in [-0.25, -0.2) is 0 Å². The summed E-state index contributed by atoms with van der Waals surface area (Å²) in [4.78, 5) is 22.8. The molecule has 0 aliphatic rings. The molecule has 1 rings (SSSR count). The normalized spacial score (nSPS) is 10.4. The largest absolute Gasteiger partial charge is 0.295 e. The van der Waals surface area contributed by atoms with E-state index < -0.39 is 5.41 Å². The van der Waals surface area contributed by atoms with Gasteiger partial charge in [-0.3, -0.25) is 9.59 Å². The molecule has 0 spiro atoms. The van der Waals surface area contributed by atoms with Crippen molar-refractivity contribution in [3.63, 3.8) is 0 Å². The molecule has 2 heteroatoms. The molecular weight excluding hydrogens is 212 g/mol. The first-order valence-corrected chi connectivity index (χ1v) is 5.48. The van der Waals surface area contributed by atoms with Crippen LogP contribution in [-0.2, 0) is 4.79 Å². The van der Waals surface area contributed by atoms with Crippen LogP contribution in [0.4, 0.5) is 0 Å². The number of ketones is 2. The minimum absolute atomic E-state index is 0.00389. The van der Waals surface area contributed by atoms with Crippen molar-refractivity contribution in [1.29, 1.82) is 0 Å². The summed E-state index contributed by atoms with van der Waals surface area (Å²) in [5, 5.41) is 0. The molecule has 0 aliphatic heterocycles. The van der Waals surface area contributed by atoms with Gasteiger partial charge in [0.1, 0.15) is 0 Å². The second kappa shape index (κ2) is 4.97. The van der Waals surface area contributed by atoms with Crippen LogP contribution in [0.15, 0.2) is 24.3 Å². The summed E-state index contributed by atoms with van der Waals surface area (Å²) in [6, 6.07) is 6.99. The molecule has 0 saturated heterocycles. The topological polar surface area (TPSA) is 34.1 Å². The second-order valence-electron chi connectivity index (χ2n) is 4.97. The number of carbonyl (C=O) groups is 2. The lowest BCUT2D eigenvalue weighted by atomic mass is 9.91. The van der Waals surface area contributed by atoms with Crippen molar-refractivity contribution in [1.82, 2.24) is 0 Å². The predicted molar refractivity (Wildman–Crippen MR) is 67.8 cm³/mol. The van der Waals surface area contributed by atoms with Crippen LogP contribution in [0.25, 0.3) is 0 Å². The Morgan fingerprint density at radius 1 is 1.18 bits per heavy atom. The second-order valence-corrected chi connectivity index (χ2v) is 4.97. The SMILES string of the molecule is CC(=O)c1cccc(C#CC(=O)C(C)(C)C)c1. The maximum Gasteiger partial charge on any atom is 0.211 e. The molecule has 0 saturated carbocycles. The molecule has 2 nitrogen and oxygen atoms in total. The van der Waals surface area contributed by atoms with E-state index in [1.165, 1.54) is 6.92 Å². The van der Waals surface area contributed by atoms with Gasteiger partial charge in [-0.1, -0.05) is 38.8 Å². The van der Waals surface area contributed by atoms with E-state index in [9.17, 15) is 9.59 Å². The molecule has 0 N–H and O–H groups in total. The zero-order valence-electron chi connectivity index (χ0n) is 10.6. The highest BCUT2D eigenvalue weighted by atomic mass is 16.1. The molecule has 0 aromatic heterocycles. The van der Waals surface area contributed by atoms with Crippen molar-refractivity contribution < 1.29 is 9.59 Å². The van der Waals surface area contributed by atoms with Gasteiger partial charge in [0.25, 0.3) is 0 Å². The highest BCUT2D eigenvalue weighted by Gasteiger charge is 2.18. The Kier molecular flexibility index (Phi) is 3.85. The molecule has 88 valence electrons. The fraction of sp³-hybridized carbons (Fsp3) is 0.333. The van der Waals surface area contributed by atoms with Crippen LogP contribution in [-0.4, -0.2) is 11.6 Å². The van der Waals surface area contributed by atoms with E-state index in [2.05, 4.69) is 11.8 Å². The fourth-order valence-corrected chi connectivity index (χ4v) is 1.13. The molecule has 0 unspecified atom stereocenters. The lowest BCUT2D eigenvalue weighted by Crippen LogP contribution is -2.17. The van der Waals surface area contributed by atoms with Crippen molar-refractivity contribution >= 4 is 11.6 Å². The average molecular weight is 228 g/mol. The van der Waals surface area contributed by atoms with Gasteiger partial charge < -0.3 is 0 Å². The first-order valence-electron chi connectivity index (χ1n) is 5.48. The Morgan fingerprint density at radius 2 is 1.82 bits per heavy atom. The molecular formula is C15H16O2. The predicted octanol–water partition coefficient (Wildman–Crippen LogP) is 2.86. The summed E-state index contributed by atoms with van der Waals surface area (Å²) in [6.07, 6.45) is 0. The number of hydrogen-bond donors (Lipinski definition) is 0. The van der Waals surface area contributed by atoms with Gasteiger partial charge in [0.2, 0.25) is 5.78 Å². The molecule has 0 radical (unpaired) electrons. The summed E-state index contributed by atoms with van der Waals surface area (Å²) in [7, 11) is 0. The summed E-state index contributed by atoms with van der Waals surface area (Å²) in [5.41, 5.74) is 0.848. The van der Waals surface area contributed by atoms with Crippen LogP contribution < -0.4 is 0 Å².